The van der Waals surface area contributed by atoms with Crippen LogP contribution in [-0.2, 0) is 15.2 Å². The van der Waals surface area contributed by atoms with Crippen LogP contribution in [0, 0.1) is 0 Å². The van der Waals surface area contributed by atoms with E-state index in [2.05, 4.69) is 0 Å². The zero-order chi connectivity index (χ0) is 10.6. The SMILES string of the molecule is CO[PH](O)(Cc1ccc(O)cc1)OC. The molecular weight excluding hydrogens is 203 g/mol. The van der Waals surface area contributed by atoms with Crippen LogP contribution in [0.2, 0.25) is 0 Å². The predicted octanol–water partition coefficient (Wildman–Crippen LogP) is 1.67. The summed E-state index contributed by atoms with van der Waals surface area (Å²) in [5.74, 6) is 0.203. The number of phenols is 1. The summed E-state index contributed by atoms with van der Waals surface area (Å²) in [4.78, 5) is 9.78. The molecule has 0 fully saturated rings. The van der Waals surface area contributed by atoms with Gasteiger partial charge in [-0.25, -0.2) is 0 Å². The summed E-state index contributed by atoms with van der Waals surface area (Å²) in [6.45, 7) is 0. The molecule has 1 aromatic carbocycles. The van der Waals surface area contributed by atoms with E-state index in [1.54, 1.807) is 24.3 Å². The van der Waals surface area contributed by atoms with Gasteiger partial charge < -0.3 is 0 Å². The third-order valence-electron chi connectivity index (χ3n) is 2.00. The van der Waals surface area contributed by atoms with Gasteiger partial charge in [-0.3, -0.25) is 0 Å². The van der Waals surface area contributed by atoms with Gasteiger partial charge in [0.15, 0.2) is 0 Å². The topological polar surface area (TPSA) is 58.9 Å². The van der Waals surface area contributed by atoms with Crippen LogP contribution in [0.4, 0.5) is 0 Å². The van der Waals surface area contributed by atoms with Crippen molar-refractivity contribution in [3.8, 4) is 5.75 Å². The molecule has 0 atom stereocenters. The van der Waals surface area contributed by atoms with E-state index in [1.165, 1.54) is 14.2 Å². The van der Waals surface area contributed by atoms with Crippen LogP contribution in [0.1, 0.15) is 5.56 Å². The van der Waals surface area contributed by atoms with E-state index < -0.39 is 7.94 Å². The Hall–Kier alpha value is -0.670. The average Bonchev–Trinajstić information content (AvgIpc) is 2.21. The van der Waals surface area contributed by atoms with Gasteiger partial charge in [0, 0.05) is 0 Å². The number of hydrogen-bond acceptors (Lipinski definition) is 4. The molecule has 0 saturated heterocycles. The van der Waals surface area contributed by atoms with Crippen LogP contribution in [0.15, 0.2) is 24.3 Å². The van der Waals surface area contributed by atoms with Crippen molar-refractivity contribution in [2.24, 2.45) is 0 Å². The molecule has 14 heavy (non-hydrogen) atoms. The van der Waals surface area contributed by atoms with Gasteiger partial charge in [0.05, 0.1) is 0 Å². The van der Waals surface area contributed by atoms with E-state index in [0.717, 1.165) is 5.56 Å². The predicted molar refractivity (Wildman–Crippen MR) is 56.4 cm³/mol. The number of phenolic OH excluding ortho intramolecular Hbond substituents is 1. The molecule has 0 aliphatic carbocycles. The number of rotatable bonds is 4. The van der Waals surface area contributed by atoms with Crippen LogP contribution in [0.5, 0.6) is 5.75 Å². The van der Waals surface area contributed by atoms with Crippen molar-refractivity contribution in [3.63, 3.8) is 0 Å². The first-order valence-corrected chi connectivity index (χ1v) is 6.17. The second kappa shape index (κ2) is 4.71. The minimum atomic E-state index is -3.04. The van der Waals surface area contributed by atoms with Gasteiger partial charge in [-0.05, 0) is 0 Å². The van der Waals surface area contributed by atoms with Crippen LogP contribution >= 0.6 is 7.94 Å². The molecule has 1 rings (SSSR count). The van der Waals surface area contributed by atoms with Gasteiger partial charge in [-0.2, -0.15) is 0 Å². The Morgan fingerprint density at radius 1 is 1.14 bits per heavy atom. The zero-order valence-electron chi connectivity index (χ0n) is 8.23. The molecule has 0 spiro atoms. The molecule has 0 bridgehead atoms. The molecule has 0 unspecified atom stereocenters. The molecule has 4 nitrogen and oxygen atoms in total. The molecule has 0 saturated carbocycles. The minimum absolute atomic E-state index is 0.203. The van der Waals surface area contributed by atoms with Crippen LogP contribution in [-0.4, -0.2) is 24.2 Å². The molecule has 0 aliphatic rings. The van der Waals surface area contributed by atoms with Crippen LogP contribution in [0.25, 0.3) is 0 Å². The Bertz CT molecular complexity index is 281. The van der Waals surface area contributed by atoms with Crippen molar-refractivity contribution in [1.29, 1.82) is 0 Å². The monoisotopic (exact) mass is 218 g/mol. The molecule has 0 aromatic heterocycles. The van der Waals surface area contributed by atoms with E-state index in [0.29, 0.717) is 6.16 Å². The van der Waals surface area contributed by atoms with Crippen molar-refractivity contribution in [2.75, 3.05) is 14.2 Å². The first-order chi connectivity index (χ1) is 6.59. The fraction of sp³-hybridized carbons (Fsp3) is 0.333. The van der Waals surface area contributed by atoms with E-state index in [-0.39, 0.29) is 5.75 Å². The van der Waals surface area contributed by atoms with Crippen molar-refractivity contribution in [3.05, 3.63) is 29.8 Å². The van der Waals surface area contributed by atoms with Gasteiger partial charge in [0.2, 0.25) is 0 Å². The van der Waals surface area contributed by atoms with Crippen LogP contribution in [0.3, 0.4) is 0 Å². The average molecular weight is 218 g/mol. The van der Waals surface area contributed by atoms with Crippen molar-refractivity contribution < 1.29 is 19.0 Å². The number of hydrogen-bond donors (Lipinski definition) is 2. The van der Waals surface area contributed by atoms with Gasteiger partial charge >= 0.3 is 83.0 Å². The molecule has 0 aliphatic heterocycles. The summed E-state index contributed by atoms with van der Waals surface area (Å²) in [5.41, 5.74) is 0.876. The third kappa shape index (κ3) is 2.93. The summed E-state index contributed by atoms with van der Waals surface area (Å²) in [6, 6.07) is 6.58. The first kappa shape index (κ1) is 11.4. The maximum absolute atomic E-state index is 9.78. The Morgan fingerprint density at radius 3 is 2.07 bits per heavy atom. The van der Waals surface area contributed by atoms with Crippen molar-refractivity contribution in [1.82, 2.24) is 0 Å². The molecule has 2 N–H and O–H groups in total. The number of aromatic hydroxyl groups is 1. The molecule has 0 heterocycles. The second-order valence-electron chi connectivity index (χ2n) is 2.96. The van der Waals surface area contributed by atoms with Gasteiger partial charge in [0.25, 0.3) is 0 Å². The quantitative estimate of drug-likeness (QED) is 0.755. The molecule has 80 valence electrons. The Labute approximate surface area is 83.7 Å². The van der Waals surface area contributed by atoms with E-state index >= 15 is 0 Å². The molecule has 1 aromatic rings. The standard InChI is InChI=1S/C9H15O4P/c1-12-14(11,13-2)7-8-3-5-9(10)6-4-8/h3-6,10-11,14H,7H2,1-2H3. The fourth-order valence-electron chi connectivity index (χ4n) is 1.10. The summed E-state index contributed by atoms with van der Waals surface area (Å²) < 4.78 is 9.86. The van der Waals surface area contributed by atoms with E-state index in [4.69, 9.17) is 14.2 Å². The fourth-order valence-corrected chi connectivity index (χ4v) is 2.31. The summed E-state index contributed by atoms with van der Waals surface area (Å²) in [7, 11) is -0.184. The second-order valence-corrected chi connectivity index (χ2v) is 5.56. The van der Waals surface area contributed by atoms with Crippen LogP contribution < -0.4 is 0 Å². The van der Waals surface area contributed by atoms with E-state index in [1.807, 2.05) is 0 Å². The van der Waals surface area contributed by atoms with Crippen molar-refractivity contribution >= 4 is 7.94 Å². The summed E-state index contributed by atoms with van der Waals surface area (Å²) >= 11 is 0. The molecule has 0 radical (unpaired) electrons. The number of benzene rings is 1. The van der Waals surface area contributed by atoms with Gasteiger partial charge in [-0.1, -0.05) is 0 Å². The Balaban J connectivity index is 2.72. The molecule has 5 heteroatoms. The van der Waals surface area contributed by atoms with Gasteiger partial charge in [-0.15, -0.1) is 0 Å². The Morgan fingerprint density at radius 2 is 1.64 bits per heavy atom. The first-order valence-electron chi connectivity index (χ1n) is 4.20. The molecular formula is C9H15O4P. The van der Waals surface area contributed by atoms with E-state index in [9.17, 15) is 4.89 Å². The van der Waals surface area contributed by atoms with Gasteiger partial charge in [0.1, 0.15) is 0 Å². The van der Waals surface area contributed by atoms with Crippen molar-refractivity contribution in [2.45, 2.75) is 6.16 Å². The summed E-state index contributed by atoms with van der Waals surface area (Å²) in [6.07, 6.45) is 0.347. The zero-order valence-corrected chi connectivity index (χ0v) is 9.23. The Kier molecular flexibility index (Phi) is 3.84. The summed E-state index contributed by atoms with van der Waals surface area (Å²) in [5, 5.41) is 9.06. The maximum atomic E-state index is 9.78. The molecule has 0 amide bonds. The third-order valence-corrected chi connectivity index (χ3v) is 4.13. The normalized spacial score (nSPS) is 12.8.